The molecule has 2 aromatic rings. The van der Waals surface area contributed by atoms with Gasteiger partial charge in [-0.15, -0.1) is 0 Å². The number of aromatic nitrogens is 3. The first-order valence-electron chi connectivity index (χ1n) is 5.70. The van der Waals surface area contributed by atoms with Gasteiger partial charge in [0.05, 0.1) is 0 Å². The molecule has 0 saturated carbocycles. The fraction of sp³-hybridized carbons (Fsp3) is 0.167. The van der Waals surface area contributed by atoms with Gasteiger partial charge < -0.3 is 5.32 Å². The molecule has 3 N–H and O–H groups in total. The van der Waals surface area contributed by atoms with Gasteiger partial charge in [-0.1, -0.05) is 25.1 Å². The molecule has 0 unspecified atom stereocenters. The van der Waals surface area contributed by atoms with Crippen molar-refractivity contribution in [1.29, 1.82) is 0 Å². The molecule has 98 valence electrons. The standard InChI is InChI=1S/C12H12N4O3/c1-2-7-5-3-4-6-8(7)13-10(17)9-11(18)14-12(19)16-15-9/h3-6H,2H2,1H3,(H,13,17)(H2,14,16,18,19). The number of nitrogens with zero attached hydrogens (tertiary/aromatic N) is 1. The molecule has 1 aromatic heterocycles. The molecule has 0 radical (unpaired) electrons. The zero-order valence-electron chi connectivity index (χ0n) is 10.2. The molecule has 1 amide bonds. The Morgan fingerprint density at radius 1 is 1.32 bits per heavy atom. The van der Waals surface area contributed by atoms with E-state index < -0.39 is 17.2 Å². The van der Waals surface area contributed by atoms with E-state index in [0.717, 1.165) is 12.0 Å². The van der Waals surface area contributed by atoms with Crippen LogP contribution in [0.5, 0.6) is 0 Å². The SMILES string of the molecule is CCc1ccccc1NC(=O)c1n[nH]c(=O)[nH]c1=O. The third-order valence-corrected chi connectivity index (χ3v) is 2.57. The lowest BCUT2D eigenvalue weighted by Crippen LogP contribution is -2.32. The number of hydrogen-bond acceptors (Lipinski definition) is 4. The smallest absolute Gasteiger partial charge is 0.320 e. The van der Waals surface area contributed by atoms with Crippen molar-refractivity contribution < 1.29 is 4.79 Å². The quantitative estimate of drug-likeness (QED) is 0.736. The second-order valence-corrected chi connectivity index (χ2v) is 3.82. The highest BCUT2D eigenvalue weighted by atomic mass is 16.2. The lowest BCUT2D eigenvalue weighted by atomic mass is 10.1. The second kappa shape index (κ2) is 5.30. The number of amides is 1. The molecule has 0 aliphatic carbocycles. The number of carbonyl (C=O) groups excluding carboxylic acids is 1. The molecular formula is C12H12N4O3. The van der Waals surface area contributed by atoms with Crippen LogP contribution >= 0.6 is 0 Å². The molecule has 7 heteroatoms. The summed E-state index contributed by atoms with van der Waals surface area (Å²) in [5.74, 6) is -0.668. The number of aromatic amines is 2. The molecule has 2 rings (SSSR count). The lowest BCUT2D eigenvalue weighted by Gasteiger charge is -2.08. The van der Waals surface area contributed by atoms with E-state index in [2.05, 4.69) is 10.4 Å². The number of nitrogens with one attached hydrogen (secondary N) is 3. The number of para-hydroxylation sites is 1. The Hall–Kier alpha value is -2.70. The third-order valence-electron chi connectivity index (χ3n) is 2.57. The van der Waals surface area contributed by atoms with Gasteiger partial charge in [-0.05, 0) is 18.1 Å². The summed E-state index contributed by atoms with van der Waals surface area (Å²) in [6.07, 6.45) is 0.742. The topological polar surface area (TPSA) is 108 Å². The van der Waals surface area contributed by atoms with Crippen LogP contribution in [-0.2, 0) is 6.42 Å². The molecule has 7 nitrogen and oxygen atoms in total. The van der Waals surface area contributed by atoms with E-state index in [-0.39, 0.29) is 5.69 Å². The summed E-state index contributed by atoms with van der Waals surface area (Å²) in [7, 11) is 0. The Morgan fingerprint density at radius 2 is 2.05 bits per heavy atom. The van der Waals surface area contributed by atoms with Crippen LogP contribution in [0.25, 0.3) is 0 Å². The highest BCUT2D eigenvalue weighted by molar-refractivity contribution is 6.02. The van der Waals surface area contributed by atoms with E-state index in [1.54, 1.807) is 12.1 Å². The highest BCUT2D eigenvalue weighted by Gasteiger charge is 2.14. The fourth-order valence-electron chi connectivity index (χ4n) is 1.63. The van der Waals surface area contributed by atoms with Crippen molar-refractivity contribution in [1.82, 2.24) is 15.2 Å². The van der Waals surface area contributed by atoms with E-state index in [0.29, 0.717) is 5.69 Å². The summed E-state index contributed by atoms with van der Waals surface area (Å²) in [6, 6.07) is 7.25. The van der Waals surface area contributed by atoms with Crippen LogP contribution in [-0.4, -0.2) is 21.1 Å². The molecule has 19 heavy (non-hydrogen) atoms. The zero-order valence-corrected chi connectivity index (χ0v) is 10.2. The monoisotopic (exact) mass is 260 g/mol. The van der Waals surface area contributed by atoms with Gasteiger partial charge in [0.2, 0.25) is 5.69 Å². The maximum atomic E-state index is 11.9. The number of aryl methyl sites for hydroxylation is 1. The minimum Gasteiger partial charge on any atom is -0.320 e. The largest absolute Gasteiger partial charge is 0.342 e. The molecule has 0 saturated heterocycles. The maximum Gasteiger partial charge on any atom is 0.342 e. The van der Waals surface area contributed by atoms with Crippen LogP contribution in [0.4, 0.5) is 5.69 Å². The van der Waals surface area contributed by atoms with Crippen molar-refractivity contribution >= 4 is 11.6 Å². The predicted octanol–water partition coefficient (Wildman–Crippen LogP) is 0.273. The summed E-state index contributed by atoms with van der Waals surface area (Å²) in [5, 5.41) is 8.04. The van der Waals surface area contributed by atoms with Crippen molar-refractivity contribution in [2.45, 2.75) is 13.3 Å². The van der Waals surface area contributed by atoms with Gasteiger partial charge in [-0.25, -0.2) is 9.89 Å². The Kier molecular flexibility index (Phi) is 3.56. The fourth-order valence-corrected chi connectivity index (χ4v) is 1.63. The second-order valence-electron chi connectivity index (χ2n) is 3.82. The van der Waals surface area contributed by atoms with E-state index in [9.17, 15) is 14.4 Å². The van der Waals surface area contributed by atoms with Crippen molar-refractivity contribution in [2.75, 3.05) is 5.32 Å². The van der Waals surface area contributed by atoms with Crippen molar-refractivity contribution in [3.05, 3.63) is 56.4 Å². The normalized spacial score (nSPS) is 10.2. The van der Waals surface area contributed by atoms with Gasteiger partial charge in [0.25, 0.3) is 11.5 Å². The van der Waals surface area contributed by atoms with Crippen molar-refractivity contribution in [3.8, 4) is 0 Å². The van der Waals surface area contributed by atoms with E-state index in [1.807, 2.05) is 29.1 Å². The van der Waals surface area contributed by atoms with E-state index in [4.69, 9.17) is 0 Å². The molecule has 0 bridgehead atoms. The number of anilines is 1. The Morgan fingerprint density at radius 3 is 2.74 bits per heavy atom. The van der Waals surface area contributed by atoms with Gasteiger partial charge in [-0.3, -0.25) is 14.6 Å². The summed E-state index contributed by atoms with van der Waals surface area (Å²) >= 11 is 0. The first kappa shape index (κ1) is 12.7. The summed E-state index contributed by atoms with van der Waals surface area (Å²) in [5.41, 5.74) is -0.407. The summed E-state index contributed by atoms with van der Waals surface area (Å²) in [4.78, 5) is 36.1. The van der Waals surface area contributed by atoms with Crippen LogP contribution in [0.1, 0.15) is 23.0 Å². The molecule has 1 aromatic carbocycles. The van der Waals surface area contributed by atoms with E-state index in [1.165, 1.54) is 0 Å². The van der Waals surface area contributed by atoms with Gasteiger partial charge in [-0.2, -0.15) is 5.10 Å². The Bertz CT molecular complexity index is 717. The predicted molar refractivity (Wildman–Crippen MR) is 69.3 cm³/mol. The number of benzene rings is 1. The minimum absolute atomic E-state index is 0.384. The number of hydrogen-bond donors (Lipinski definition) is 3. The average Bonchev–Trinajstić information content (AvgIpc) is 2.39. The average molecular weight is 260 g/mol. The zero-order chi connectivity index (χ0) is 13.8. The molecule has 0 atom stereocenters. The van der Waals surface area contributed by atoms with Gasteiger partial charge >= 0.3 is 5.69 Å². The van der Waals surface area contributed by atoms with Crippen LogP contribution in [0, 0.1) is 0 Å². The lowest BCUT2D eigenvalue weighted by molar-refractivity contribution is 0.101. The number of H-pyrrole nitrogens is 2. The molecule has 0 aliphatic heterocycles. The van der Waals surface area contributed by atoms with Crippen LogP contribution < -0.4 is 16.6 Å². The van der Waals surface area contributed by atoms with Crippen molar-refractivity contribution in [3.63, 3.8) is 0 Å². The summed E-state index contributed by atoms with van der Waals surface area (Å²) in [6.45, 7) is 1.95. The molecule has 0 fully saturated rings. The maximum absolute atomic E-state index is 11.9. The molecular weight excluding hydrogens is 248 g/mol. The first-order chi connectivity index (χ1) is 9.11. The highest BCUT2D eigenvalue weighted by Crippen LogP contribution is 2.15. The molecule has 1 heterocycles. The Balaban J connectivity index is 2.31. The van der Waals surface area contributed by atoms with Crippen LogP contribution in [0.3, 0.4) is 0 Å². The molecule has 0 spiro atoms. The van der Waals surface area contributed by atoms with Crippen LogP contribution in [0.15, 0.2) is 33.9 Å². The van der Waals surface area contributed by atoms with Crippen molar-refractivity contribution in [2.24, 2.45) is 0 Å². The van der Waals surface area contributed by atoms with Gasteiger partial charge in [0, 0.05) is 5.69 Å². The summed E-state index contributed by atoms with van der Waals surface area (Å²) < 4.78 is 0. The first-order valence-corrected chi connectivity index (χ1v) is 5.70. The third kappa shape index (κ3) is 2.76. The van der Waals surface area contributed by atoms with Crippen LogP contribution in [0.2, 0.25) is 0 Å². The number of rotatable bonds is 3. The number of carbonyl (C=O) groups is 1. The van der Waals surface area contributed by atoms with E-state index >= 15 is 0 Å². The van der Waals surface area contributed by atoms with Gasteiger partial charge in [0.1, 0.15) is 0 Å². The molecule has 0 aliphatic rings. The van der Waals surface area contributed by atoms with Gasteiger partial charge in [0.15, 0.2) is 0 Å². The minimum atomic E-state index is -0.824. The Labute approximate surface area is 107 Å².